The molecule has 4 atom stereocenters. The zero-order valence-corrected chi connectivity index (χ0v) is 14.4. The van der Waals surface area contributed by atoms with E-state index in [-0.39, 0.29) is 11.0 Å². The Morgan fingerprint density at radius 2 is 1.78 bits per heavy atom. The summed E-state index contributed by atoms with van der Waals surface area (Å²) in [6, 6.07) is 4.35. The van der Waals surface area contributed by atoms with Gasteiger partial charge in [-0.3, -0.25) is 4.18 Å². The third kappa shape index (κ3) is 4.80. The topological polar surface area (TPSA) is 26.3 Å². The van der Waals surface area contributed by atoms with Crippen LogP contribution in [0.4, 0.5) is 13.2 Å². The maximum atomic E-state index is 12.6. The normalized spacial score (nSPS) is 27.2. The molecule has 0 spiro atoms. The van der Waals surface area contributed by atoms with Gasteiger partial charge in [-0.2, -0.15) is 13.2 Å². The molecule has 1 saturated carbocycles. The number of hydrogen-bond donors (Lipinski definition) is 0. The molecule has 0 saturated heterocycles. The zero-order chi connectivity index (χ0) is 17.2. The average Bonchev–Trinajstić information content (AvgIpc) is 2.46. The van der Waals surface area contributed by atoms with E-state index in [1.807, 2.05) is 0 Å². The van der Waals surface area contributed by atoms with Crippen LogP contribution in [-0.4, -0.2) is 10.3 Å². The zero-order valence-electron chi connectivity index (χ0n) is 13.6. The molecule has 23 heavy (non-hydrogen) atoms. The van der Waals surface area contributed by atoms with E-state index in [1.54, 1.807) is 0 Å². The van der Waals surface area contributed by atoms with Gasteiger partial charge in [-0.25, -0.2) is 4.21 Å². The van der Waals surface area contributed by atoms with E-state index in [1.165, 1.54) is 12.1 Å². The lowest BCUT2D eigenvalue weighted by atomic mass is 9.75. The van der Waals surface area contributed by atoms with Gasteiger partial charge in [-0.1, -0.05) is 27.2 Å². The summed E-state index contributed by atoms with van der Waals surface area (Å²) >= 11 is -1.74. The average molecular weight is 348 g/mol. The molecule has 1 aliphatic rings. The van der Waals surface area contributed by atoms with Gasteiger partial charge in [0, 0.05) is 0 Å². The largest absolute Gasteiger partial charge is 0.416 e. The van der Waals surface area contributed by atoms with Crippen LogP contribution in [-0.2, 0) is 21.4 Å². The Hall–Kier alpha value is -0.880. The summed E-state index contributed by atoms with van der Waals surface area (Å²) in [4.78, 5) is 0.277. The highest BCUT2D eigenvalue weighted by molar-refractivity contribution is 7.80. The van der Waals surface area contributed by atoms with Gasteiger partial charge >= 0.3 is 6.18 Å². The van der Waals surface area contributed by atoms with Crippen molar-refractivity contribution in [2.75, 3.05) is 0 Å². The molecule has 0 aliphatic heterocycles. The van der Waals surface area contributed by atoms with Crippen molar-refractivity contribution < 1.29 is 21.6 Å². The van der Waals surface area contributed by atoms with E-state index in [4.69, 9.17) is 4.18 Å². The highest BCUT2D eigenvalue weighted by atomic mass is 32.2. The van der Waals surface area contributed by atoms with Crippen LogP contribution in [0, 0.1) is 17.8 Å². The molecule has 2 rings (SSSR count). The molecule has 1 aromatic carbocycles. The highest BCUT2D eigenvalue weighted by Crippen LogP contribution is 2.36. The fourth-order valence-corrected chi connectivity index (χ4v) is 4.06. The Kier molecular flexibility index (Phi) is 5.89. The summed E-state index contributed by atoms with van der Waals surface area (Å²) < 4.78 is 55.8. The highest BCUT2D eigenvalue weighted by Gasteiger charge is 2.34. The Balaban J connectivity index is 2.08. The van der Waals surface area contributed by atoms with Gasteiger partial charge < -0.3 is 0 Å². The van der Waals surface area contributed by atoms with Gasteiger partial charge in [-0.05, 0) is 54.9 Å². The number of alkyl halides is 3. The molecule has 1 unspecified atom stereocenters. The van der Waals surface area contributed by atoms with E-state index in [9.17, 15) is 17.4 Å². The Morgan fingerprint density at radius 1 is 1.17 bits per heavy atom. The first kappa shape index (κ1) is 18.5. The fourth-order valence-electron chi connectivity index (χ4n) is 3.15. The van der Waals surface area contributed by atoms with Crippen molar-refractivity contribution >= 4 is 11.1 Å². The Labute approximate surface area is 138 Å². The third-order valence-corrected chi connectivity index (χ3v) is 5.63. The summed E-state index contributed by atoms with van der Waals surface area (Å²) in [6.07, 6.45) is -1.48. The summed E-state index contributed by atoms with van der Waals surface area (Å²) in [5, 5.41) is 0. The van der Waals surface area contributed by atoms with Crippen LogP contribution in [0.3, 0.4) is 0 Å². The smallest absolute Gasteiger partial charge is 0.283 e. The Morgan fingerprint density at radius 3 is 2.30 bits per heavy atom. The fraction of sp³-hybridized carbons (Fsp3) is 0.647. The molecular weight excluding hydrogens is 325 g/mol. The minimum Gasteiger partial charge on any atom is -0.283 e. The maximum absolute atomic E-state index is 12.6. The van der Waals surface area contributed by atoms with E-state index in [2.05, 4.69) is 20.8 Å². The standard InChI is InChI=1S/C17H23F3O2S/c1-11(2)15-9-4-12(3)10-16(15)22-23(21)14-7-5-13(6-8-14)17(18,19)20/h5-8,11-12,15-16H,4,9-10H2,1-3H3/t12-,15+,16-,23?/m1/s1. The monoisotopic (exact) mass is 348 g/mol. The van der Waals surface area contributed by atoms with Crippen molar-refractivity contribution in [3.63, 3.8) is 0 Å². The molecule has 0 heterocycles. The summed E-state index contributed by atoms with van der Waals surface area (Å²) in [7, 11) is 0. The summed E-state index contributed by atoms with van der Waals surface area (Å²) in [6.45, 7) is 6.39. The summed E-state index contributed by atoms with van der Waals surface area (Å²) in [5.41, 5.74) is -0.746. The van der Waals surface area contributed by atoms with Crippen molar-refractivity contribution in [1.29, 1.82) is 0 Å². The molecule has 0 amide bonds. The molecule has 1 fully saturated rings. The lowest BCUT2D eigenvalue weighted by molar-refractivity contribution is -0.137. The van der Waals surface area contributed by atoms with Gasteiger partial charge in [0.25, 0.3) is 0 Å². The van der Waals surface area contributed by atoms with E-state index < -0.39 is 22.8 Å². The minimum absolute atomic E-state index is 0.109. The van der Waals surface area contributed by atoms with Crippen molar-refractivity contribution in [1.82, 2.24) is 0 Å². The molecule has 0 aromatic heterocycles. The summed E-state index contributed by atoms with van der Waals surface area (Å²) in [5.74, 6) is 1.28. The van der Waals surface area contributed by atoms with E-state index >= 15 is 0 Å². The van der Waals surface area contributed by atoms with Gasteiger partial charge in [0.1, 0.15) is 0 Å². The first-order valence-electron chi connectivity index (χ1n) is 7.94. The first-order chi connectivity index (χ1) is 10.7. The lowest BCUT2D eigenvalue weighted by Gasteiger charge is -2.36. The van der Waals surface area contributed by atoms with Crippen LogP contribution < -0.4 is 0 Å². The second-order valence-corrected chi connectivity index (χ2v) is 7.85. The van der Waals surface area contributed by atoms with Crippen LogP contribution in [0.15, 0.2) is 29.2 Å². The molecular formula is C17H23F3O2S. The van der Waals surface area contributed by atoms with Crippen LogP contribution in [0.2, 0.25) is 0 Å². The molecule has 0 bridgehead atoms. The second-order valence-electron chi connectivity index (χ2n) is 6.72. The van der Waals surface area contributed by atoms with Crippen LogP contribution >= 0.6 is 0 Å². The van der Waals surface area contributed by atoms with Crippen molar-refractivity contribution in [2.45, 2.75) is 57.2 Å². The van der Waals surface area contributed by atoms with Gasteiger partial charge in [0.2, 0.25) is 0 Å². The predicted octanol–water partition coefficient (Wildman–Crippen LogP) is 5.21. The number of hydrogen-bond acceptors (Lipinski definition) is 2. The van der Waals surface area contributed by atoms with Gasteiger partial charge in [0.15, 0.2) is 11.1 Å². The van der Waals surface area contributed by atoms with Crippen molar-refractivity contribution in [3.05, 3.63) is 29.8 Å². The molecule has 1 aromatic rings. The molecule has 1 aliphatic carbocycles. The maximum Gasteiger partial charge on any atom is 0.416 e. The molecule has 6 heteroatoms. The van der Waals surface area contributed by atoms with Gasteiger partial charge in [-0.15, -0.1) is 0 Å². The molecule has 0 radical (unpaired) electrons. The SMILES string of the molecule is CC(C)[C@@H]1CC[C@@H](C)C[C@H]1OS(=O)c1ccc(C(F)(F)F)cc1. The lowest BCUT2D eigenvalue weighted by Crippen LogP contribution is -2.34. The van der Waals surface area contributed by atoms with Crippen molar-refractivity contribution in [3.8, 4) is 0 Å². The molecule has 130 valence electrons. The quantitative estimate of drug-likeness (QED) is 0.747. The Bertz CT molecular complexity index is 540. The van der Waals surface area contributed by atoms with E-state index in [0.29, 0.717) is 17.8 Å². The minimum atomic E-state index is -4.39. The van der Waals surface area contributed by atoms with Crippen molar-refractivity contribution in [2.24, 2.45) is 17.8 Å². The van der Waals surface area contributed by atoms with Gasteiger partial charge in [0.05, 0.1) is 16.6 Å². The number of rotatable bonds is 4. The number of halogens is 3. The first-order valence-corrected chi connectivity index (χ1v) is 9.02. The predicted molar refractivity (Wildman–Crippen MR) is 84.1 cm³/mol. The van der Waals surface area contributed by atoms with Crippen LogP contribution in [0.1, 0.15) is 45.6 Å². The van der Waals surface area contributed by atoms with E-state index in [0.717, 1.165) is 31.4 Å². The molecule has 0 N–H and O–H groups in total. The second kappa shape index (κ2) is 7.34. The number of benzene rings is 1. The van der Waals surface area contributed by atoms with Crippen LogP contribution in [0.25, 0.3) is 0 Å². The molecule has 2 nitrogen and oxygen atoms in total. The van der Waals surface area contributed by atoms with Crippen LogP contribution in [0.5, 0.6) is 0 Å². The third-order valence-electron chi connectivity index (χ3n) is 4.55.